The van der Waals surface area contributed by atoms with Crippen molar-refractivity contribution >= 4 is 0 Å². The first-order valence-electron chi connectivity index (χ1n) is 4.93. The van der Waals surface area contributed by atoms with Crippen LogP contribution in [-0.2, 0) is 0 Å². The van der Waals surface area contributed by atoms with Crippen molar-refractivity contribution in [3.8, 4) is 0 Å². The van der Waals surface area contributed by atoms with Crippen molar-refractivity contribution in [3.63, 3.8) is 0 Å². The van der Waals surface area contributed by atoms with Gasteiger partial charge in [-0.1, -0.05) is 25.0 Å². The average Bonchev–Trinajstić information content (AvgIpc) is 2.20. The molecule has 1 radical (unpaired) electrons. The fourth-order valence-electron chi connectivity index (χ4n) is 1.98. The molecular weight excluding hydrogens is 163 g/mol. The second kappa shape index (κ2) is 3.91. The molecule has 1 aromatic carbocycles. The zero-order valence-electron chi connectivity index (χ0n) is 7.67. The van der Waals surface area contributed by atoms with Gasteiger partial charge in [-0.2, -0.15) is 0 Å². The number of hydrogen-bond acceptors (Lipinski definition) is 0. The lowest BCUT2D eigenvalue weighted by atomic mass is 9.84. The molecule has 0 nitrogen and oxygen atoms in total. The highest BCUT2D eigenvalue weighted by Gasteiger charge is 2.14. The predicted molar refractivity (Wildman–Crippen MR) is 51.9 cm³/mol. The van der Waals surface area contributed by atoms with Crippen LogP contribution in [0.25, 0.3) is 0 Å². The first-order valence-corrected chi connectivity index (χ1v) is 4.93. The Labute approximate surface area is 78.8 Å². The van der Waals surface area contributed by atoms with Gasteiger partial charge < -0.3 is 0 Å². The predicted octanol–water partition coefficient (Wildman–Crippen LogP) is 3.69. The van der Waals surface area contributed by atoms with Crippen LogP contribution in [0, 0.1) is 12.2 Å². The molecule has 0 heterocycles. The van der Waals surface area contributed by atoms with Crippen molar-refractivity contribution in [2.45, 2.75) is 31.6 Å². The van der Waals surface area contributed by atoms with E-state index < -0.39 is 0 Å². The summed E-state index contributed by atoms with van der Waals surface area (Å²) in [5.41, 5.74) is 1.29. The summed E-state index contributed by atoms with van der Waals surface area (Å²) < 4.78 is 12.6. The van der Waals surface area contributed by atoms with Crippen LogP contribution >= 0.6 is 0 Å². The Balaban J connectivity index is 2.10. The second-order valence-electron chi connectivity index (χ2n) is 3.70. The summed E-state index contributed by atoms with van der Waals surface area (Å²) in [4.78, 5) is 0. The summed E-state index contributed by atoms with van der Waals surface area (Å²) in [5.74, 6) is 0.498. The van der Waals surface area contributed by atoms with Gasteiger partial charge in [0, 0.05) is 0 Å². The van der Waals surface area contributed by atoms with Crippen molar-refractivity contribution < 1.29 is 4.39 Å². The van der Waals surface area contributed by atoms with E-state index in [-0.39, 0.29) is 5.82 Å². The maximum Gasteiger partial charge on any atom is 0.123 e. The second-order valence-corrected chi connectivity index (χ2v) is 3.70. The summed E-state index contributed by atoms with van der Waals surface area (Å²) in [6.45, 7) is 0. The molecule has 1 aliphatic rings. The van der Waals surface area contributed by atoms with Crippen LogP contribution in [0.5, 0.6) is 0 Å². The number of rotatable bonds is 1. The van der Waals surface area contributed by atoms with Crippen molar-refractivity contribution in [2.24, 2.45) is 0 Å². The normalized spacial score (nSPS) is 18.8. The van der Waals surface area contributed by atoms with Gasteiger partial charge in [-0.05, 0) is 42.9 Å². The van der Waals surface area contributed by atoms with Gasteiger partial charge in [0.1, 0.15) is 5.82 Å². The Morgan fingerprint density at radius 1 is 1.15 bits per heavy atom. The zero-order valence-corrected chi connectivity index (χ0v) is 7.67. The smallest absolute Gasteiger partial charge is 0.123 e. The summed E-state index contributed by atoms with van der Waals surface area (Å²) >= 11 is 0. The molecule has 13 heavy (non-hydrogen) atoms. The first-order chi connectivity index (χ1) is 6.36. The van der Waals surface area contributed by atoms with Gasteiger partial charge in [0.2, 0.25) is 0 Å². The molecule has 1 heteroatoms. The molecule has 0 N–H and O–H groups in total. The number of benzene rings is 1. The third kappa shape index (κ3) is 2.09. The fourth-order valence-corrected chi connectivity index (χ4v) is 1.98. The van der Waals surface area contributed by atoms with Gasteiger partial charge in [0.15, 0.2) is 0 Å². The maximum atomic E-state index is 12.6. The summed E-state index contributed by atoms with van der Waals surface area (Å²) in [5, 5.41) is 0. The Morgan fingerprint density at radius 3 is 2.54 bits per heavy atom. The topological polar surface area (TPSA) is 0 Å². The molecule has 69 valence electrons. The summed E-state index contributed by atoms with van der Waals surface area (Å²) in [6, 6.07) is 6.95. The third-order valence-electron chi connectivity index (χ3n) is 2.75. The Kier molecular flexibility index (Phi) is 2.62. The van der Waals surface area contributed by atoms with E-state index in [2.05, 4.69) is 6.42 Å². The zero-order chi connectivity index (χ0) is 9.10. The molecule has 2 rings (SSSR count). The summed E-state index contributed by atoms with van der Waals surface area (Å²) in [6.07, 6.45) is 7.28. The highest BCUT2D eigenvalue weighted by molar-refractivity contribution is 5.21. The van der Waals surface area contributed by atoms with Gasteiger partial charge in [0.05, 0.1) is 0 Å². The van der Waals surface area contributed by atoms with E-state index in [4.69, 9.17) is 0 Å². The number of halogens is 1. The van der Waals surface area contributed by atoms with Crippen LogP contribution in [0.3, 0.4) is 0 Å². The van der Waals surface area contributed by atoms with Crippen LogP contribution < -0.4 is 0 Å². The Hall–Kier alpha value is -0.850. The quantitative estimate of drug-likeness (QED) is 0.613. The largest absolute Gasteiger partial charge is 0.207 e. The molecule has 0 spiro atoms. The lowest BCUT2D eigenvalue weighted by Crippen LogP contribution is -2.04. The summed E-state index contributed by atoms with van der Waals surface area (Å²) in [7, 11) is 0. The van der Waals surface area contributed by atoms with E-state index in [1.807, 2.05) is 12.1 Å². The van der Waals surface area contributed by atoms with Crippen molar-refractivity contribution in [2.75, 3.05) is 0 Å². The van der Waals surface area contributed by atoms with Crippen LogP contribution in [0.2, 0.25) is 0 Å². The van der Waals surface area contributed by atoms with Crippen molar-refractivity contribution in [3.05, 3.63) is 42.1 Å². The van der Waals surface area contributed by atoms with E-state index in [1.165, 1.54) is 24.8 Å². The molecular formula is C12H14F. The molecule has 0 aromatic heterocycles. The fraction of sp³-hybridized carbons (Fsp3) is 0.417. The van der Waals surface area contributed by atoms with E-state index in [9.17, 15) is 4.39 Å². The minimum atomic E-state index is -0.136. The standard InChI is InChI=1S/C12H14F/c13-12-8-6-11(7-9-12)10-4-2-1-3-5-10/h2,6-10H,1,3-5H2. The molecule has 1 fully saturated rings. The molecule has 1 aliphatic carbocycles. The lowest BCUT2D eigenvalue weighted by Gasteiger charge is -2.21. The van der Waals surface area contributed by atoms with E-state index >= 15 is 0 Å². The van der Waals surface area contributed by atoms with Gasteiger partial charge in [-0.3, -0.25) is 0 Å². The van der Waals surface area contributed by atoms with Crippen LogP contribution in [0.15, 0.2) is 24.3 Å². The average molecular weight is 177 g/mol. The molecule has 1 aromatic rings. The molecule has 1 unspecified atom stereocenters. The van der Waals surface area contributed by atoms with Crippen molar-refractivity contribution in [1.82, 2.24) is 0 Å². The SMILES string of the molecule is Fc1ccc(C2C[CH]CCC2)cc1. The van der Waals surface area contributed by atoms with E-state index in [1.54, 1.807) is 12.1 Å². The van der Waals surface area contributed by atoms with Crippen molar-refractivity contribution in [1.29, 1.82) is 0 Å². The molecule has 1 saturated carbocycles. The minimum absolute atomic E-state index is 0.136. The molecule has 0 aliphatic heterocycles. The van der Waals surface area contributed by atoms with Crippen LogP contribution in [0.4, 0.5) is 4.39 Å². The monoisotopic (exact) mass is 177 g/mol. The highest BCUT2D eigenvalue weighted by atomic mass is 19.1. The Bertz CT molecular complexity index is 257. The molecule has 0 bridgehead atoms. The van der Waals surface area contributed by atoms with Gasteiger partial charge in [-0.25, -0.2) is 4.39 Å². The highest BCUT2D eigenvalue weighted by Crippen LogP contribution is 2.31. The van der Waals surface area contributed by atoms with Crippen LogP contribution in [-0.4, -0.2) is 0 Å². The van der Waals surface area contributed by atoms with E-state index in [0.717, 1.165) is 6.42 Å². The minimum Gasteiger partial charge on any atom is -0.207 e. The van der Waals surface area contributed by atoms with Gasteiger partial charge in [0.25, 0.3) is 0 Å². The number of hydrogen-bond donors (Lipinski definition) is 0. The first kappa shape index (κ1) is 8.74. The van der Waals surface area contributed by atoms with Crippen LogP contribution in [0.1, 0.15) is 37.2 Å². The Morgan fingerprint density at radius 2 is 1.92 bits per heavy atom. The van der Waals surface area contributed by atoms with Gasteiger partial charge >= 0.3 is 0 Å². The maximum absolute atomic E-state index is 12.6. The lowest BCUT2D eigenvalue weighted by molar-refractivity contribution is 0.516. The molecule has 0 saturated heterocycles. The van der Waals surface area contributed by atoms with Gasteiger partial charge in [-0.15, -0.1) is 0 Å². The van der Waals surface area contributed by atoms with E-state index in [0.29, 0.717) is 5.92 Å². The molecule has 0 amide bonds. The molecule has 1 atom stereocenters. The third-order valence-corrected chi connectivity index (χ3v) is 2.75.